The Morgan fingerprint density at radius 3 is 2.90 bits per heavy atom. The fourth-order valence-electron chi connectivity index (χ4n) is 0.710. The highest BCUT2D eigenvalue weighted by Gasteiger charge is 2.28. The van der Waals surface area contributed by atoms with E-state index in [9.17, 15) is 4.79 Å². The van der Waals surface area contributed by atoms with Gasteiger partial charge < -0.3 is 5.32 Å². The highest BCUT2D eigenvalue weighted by molar-refractivity contribution is 5.80. The number of hydrogen-bond donors (Lipinski definition) is 1. The van der Waals surface area contributed by atoms with Crippen molar-refractivity contribution in [3.63, 3.8) is 0 Å². The lowest BCUT2D eigenvalue weighted by Gasteiger charge is -1.95. The van der Waals surface area contributed by atoms with Crippen LogP contribution in [0, 0.1) is 17.8 Å². The van der Waals surface area contributed by atoms with Gasteiger partial charge in [0.15, 0.2) is 0 Å². The molecule has 1 aliphatic carbocycles. The van der Waals surface area contributed by atoms with Gasteiger partial charge in [0.2, 0.25) is 5.91 Å². The lowest BCUT2D eigenvalue weighted by molar-refractivity contribution is -0.122. The van der Waals surface area contributed by atoms with Gasteiger partial charge in [0.25, 0.3) is 0 Å². The number of nitrogens with one attached hydrogen (secondary N) is 1. The van der Waals surface area contributed by atoms with Crippen molar-refractivity contribution in [2.75, 3.05) is 6.54 Å². The van der Waals surface area contributed by atoms with Crippen LogP contribution in [-0.2, 0) is 4.79 Å². The molecule has 54 valence electrons. The molecule has 0 bridgehead atoms. The van der Waals surface area contributed by atoms with Crippen molar-refractivity contribution >= 4 is 5.91 Å². The van der Waals surface area contributed by atoms with Crippen LogP contribution in [0.25, 0.3) is 0 Å². The molecule has 2 heteroatoms. The topological polar surface area (TPSA) is 29.1 Å². The molecule has 0 radical (unpaired) electrons. The van der Waals surface area contributed by atoms with Gasteiger partial charge in [-0.25, -0.2) is 0 Å². The Morgan fingerprint density at radius 2 is 2.40 bits per heavy atom. The zero-order chi connectivity index (χ0) is 7.40. The monoisotopic (exact) mass is 137 g/mol. The summed E-state index contributed by atoms with van der Waals surface area (Å²) in [6.07, 6.45) is 2.12. The van der Waals surface area contributed by atoms with E-state index in [4.69, 9.17) is 0 Å². The number of amides is 1. The van der Waals surface area contributed by atoms with Gasteiger partial charge in [-0.15, -0.1) is 5.92 Å². The van der Waals surface area contributed by atoms with Crippen LogP contribution in [-0.4, -0.2) is 12.5 Å². The van der Waals surface area contributed by atoms with Crippen LogP contribution in [0.4, 0.5) is 0 Å². The number of carbonyl (C=O) groups is 1. The Hall–Kier alpha value is -0.970. The van der Waals surface area contributed by atoms with E-state index in [1.165, 1.54) is 0 Å². The minimum atomic E-state index is 0.169. The van der Waals surface area contributed by atoms with E-state index in [0.717, 1.165) is 12.8 Å². The van der Waals surface area contributed by atoms with Crippen LogP contribution < -0.4 is 5.32 Å². The van der Waals surface area contributed by atoms with Crippen molar-refractivity contribution in [3.8, 4) is 11.8 Å². The summed E-state index contributed by atoms with van der Waals surface area (Å²) < 4.78 is 0. The van der Waals surface area contributed by atoms with Gasteiger partial charge in [0.1, 0.15) is 0 Å². The van der Waals surface area contributed by atoms with Gasteiger partial charge in [-0.3, -0.25) is 4.79 Å². The fourth-order valence-corrected chi connectivity index (χ4v) is 0.710. The van der Waals surface area contributed by atoms with Crippen LogP contribution in [0.15, 0.2) is 0 Å². The second kappa shape index (κ2) is 3.26. The summed E-state index contributed by atoms with van der Waals surface area (Å²) in [4.78, 5) is 10.9. The summed E-state index contributed by atoms with van der Waals surface area (Å²) >= 11 is 0. The summed E-state index contributed by atoms with van der Waals surface area (Å²) in [5, 5.41) is 2.73. The molecule has 0 atom stereocenters. The molecule has 1 aliphatic rings. The maximum atomic E-state index is 10.9. The van der Waals surface area contributed by atoms with Crippen LogP contribution in [0.3, 0.4) is 0 Å². The van der Waals surface area contributed by atoms with Gasteiger partial charge >= 0.3 is 0 Å². The third-order valence-electron chi connectivity index (χ3n) is 1.48. The van der Waals surface area contributed by atoms with Crippen molar-refractivity contribution in [2.45, 2.75) is 19.8 Å². The zero-order valence-corrected chi connectivity index (χ0v) is 6.11. The molecule has 1 saturated carbocycles. The average molecular weight is 137 g/mol. The number of hydrogen-bond acceptors (Lipinski definition) is 1. The van der Waals surface area contributed by atoms with Gasteiger partial charge in [-0.2, -0.15) is 0 Å². The molecule has 0 aromatic heterocycles. The summed E-state index contributed by atoms with van der Waals surface area (Å²) in [5.41, 5.74) is 0. The standard InChI is InChI=1S/C8H11NO/c1-2-3-6-9-8(10)7-4-5-7/h7H,4-6H2,1H3,(H,9,10). The Morgan fingerprint density at radius 1 is 1.70 bits per heavy atom. The largest absolute Gasteiger partial charge is 0.345 e. The molecule has 0 heterocycles. The Bertz CT molecular complexity index is 183. The molecule has 1 fully saturated rings. The molecule has 0 aromatic rings. The summed E-state index contributed by atoms with van der Waals surface area (Å²) in [6, 6.07) is 0. The predicted octanol–water partition coefficient (Wildman–Crippen LogP) is 0.536. The van der Waals surface area contributed by atoms with Crippen molar-refractivity contribution in [1.29, 1.82) is 0 Å². The van der Waals surface area contributed by atoms with Crippen LogP contribution in [0.5, 0.6) is 0 Å². The van der Waals surface area contributed by atoms with Crippen molar-refractivity contribution in [3.05, 3.63) is 0 Å². The van der Waals surface area contributed by atoms with Gasteiger partial charge in [-0.05, 0) is 19.8 Å². The first-order valence-corrected chi connectivity index (χ1v) is 3.52. The summed E-state index contributed by atoms with van der Waals surface area (Å²) in [6.45, 7) is 2.27. The Labute approximate surface area is 61.0 Å². The minimum Gasteiger partial charge on any atom is -0.345 e. The van der Waals surface area contributed by atoms with E-state index in [-0.39, 0.29) is 5.91 Å². The zero-order valence-electron chi connectivity index (χ0n) is 6.11. The average Bonchev–Trinajstić information content (AvgIpc) is 2.69. The Kier molecular flexibility index (Phi) is 2.33. The molecule has 2 nitrogen and oxygen atoms in total. The highest BCUT2D eigenvalue weighted by Crippen LogP contribution is 2.28. The molecule has 1 rings (SSSR count). The Balaban J connectivity index is 2.10. The predicted molar refractivity (Wildman–Crippen MR) is 39.2 cm³/mol. The van der Waals surface area contributed by atoms with E-state index in [2.05, 4.69) is 17.2 Å². The fraction of sp³-hybridized carbons (Fsp3) is 0.625. The molecular formula is C8H11NO. The first-order chi connectivity index (χ1) is 4.84. The van der Waals surface area contributed by atoms with E-state index >= 15 is 0 Å². The normalized spacial score (nSPS) is 15.3. The summed E-state index contributed by atoms with van der Waals surface area (Å²) in [7, 11) is 0. The van der Waals surface area contributed by atoms with Crippen LogP contribution >= 0.6 is 0 Å². The molecule has 0 unspecified atom stereocenters. The first-order valence-electron chi connectivity index (χ1n) is 3.52. The maximum absolute atomic E-state index is 10.9. The second-order valence-electron chi connectivity index (χ2n) is 2.42. The summed E-state index contributed by atoms with van der Waals surface area (Å²) in [5.74, 6) is 5.97. The van der Waals surface area contributed by atoms with Crippen molar-refractivity contribution in [2.24, 2.45) is 5.92 Å². The number of rotatable bonds is 2. The van der Waals surface area contributed by atoms with E-state index < -0.39 is 0 Å². The highest BCUT2D eigenvalue weighted by atomic mass is 16.2. The maximum Gasteiger partial charge on any atom is 0.223 e. The molecule has 1 N–H and O–H groups in total. The van der Waals surface area contributed by atoms with Crippen molar-refractivity contribution in [1.82, 2.24) is 5.32 Å². The molecule has 10 heavy (non-hydrogen) atoms. The second-order valence-corrected chi connectivity index (χ2v) is 2.42. The first kappa shape index (κ1) is 7.14. The third-order valence-corrected chi connectivity index (χ3v) is 1.48. The quantitative estimate of drug-likeness (QED) is 0.553. The van der Waals surface area contributed by atoms with Crippen LogP contribution in [0.2, 0.25) is 0 Å². The molecule has 0 saturated heterocycles. The molecular weight excluding hydrogens is 126 g/mol. The van der Waals surface area contributed by atoms with E-state index in [1.807, 2.05) is 0 Å². The lowest BCUT2D eigenvalue weighted by atomic mass is 10.4. The molecule has 0 aromatic carbocycles. The SMILES string of the molecule is CC#CCNC(=O)C1CC1. The van der Waals surface area contributed by atoms with E-state index in [0.29, 0.717) is 12.5 Å². The van der Waals surface area contributed by atoms with E-state index in [1.54, 1.807) is 6.92 Å². The van der Waals surface area contributed by atoms with Crippen molar-refractivity contribution < 1.29 is 4.79 Å². The smallest absolute Gasteiger partial charge is 0.223 e. The molecule has 0 spiro atoms. The molecule has 1 amide bonds. The van der Waals surface area contributed by atoms with Gasteiger partial charge in [0.05, 0.1) is 6.54 Å². The van der Waals surface area contributed by atoms with Gasteiger partial charge in [0, 0.05) is 5.92 Å². The van der Waals surface area contributed by atoms with Gasteiger partial charge in [-0.1, -0.05) is 5.92 Å². The number of carbonyl (C=O) groups excluding carboxylic acids is 1. The lowest BCUT2D eigenvalue weighted by Crippen LogP contribution is -2.24. The molecule has 0 aliphatic heterocycles. The minimum absolute atomic E-state index is 0.169. The van der Waals surface area contributed by atoms with Crippen LogP contribution in [0.1, 0.15) is 19.8 Å². The third kappa shape index (κ3) is 2.10.